The number of halogens is 3. The van der Waals surface area contributed by atoms with Crippen LogP contribution in [0, 0.1) is 0 Å². The molecule has 1 fully saturated rings. The van der Waals surface area contributed by atoms with Crippen LogP contribution >= 0.6 is 0 Å². The van der Waals surface area contributed by atoms with E-state index in [1.54, 1.807) is 0 Å². The molecular formula is C9H17F3N2O4S2. The maximum atomic E-state index is 12.4. The van der Waals surface area contributed by atoms with E-state index in [4.69, 9.17) is 0 Å². The van der Waals surface area contributed by atoms with Gasteiger partial charge >= 0.3 is 6.18 Å². The number of alkyl halides is 3. The van der Waals surface area contributed by atoms with Crippen LogP contribution in [0.5, 0.6) is 0 Å². The molecule has 0 spiro atoms. The number of hydrogen-bond donors (Lipinski definition) is 2. The number of rotatable bonds is 5. The van der Waals surface area contributed by atoms with Gasteiger partial charge in [0.15, 0.2) is 0 Å². The zero-order chi connectivity index (χ0) is 15.6. The topological polar surface area (TPSA) is 92.3 Å². The van der Waals surface area contributed by atoms with Crippen molar-refractivity contribution in [2.45, 2.75) is 31.1 Å². The third-order valence-electron chi connectivity index (χ3n) is 2.88. The van der Waals surface area contributed by atoms with Crippen molar-refractivity contribution in [2.75, 3.05) is 24.3 Å². The number of sulfonamides is 1. The summed E-state index contributed by atoms with van der Waals surface area (Å²) < 4.78 is 84.4. The predicted molar refractivity (Wildman–Crippen MR) is 67.5 cm³/mol. The standard InChI is InChI=1S/C9H17F3N2O4S2/c1-19(15,16)4-5-20(17,18)14-7-2-3-8(13-6-7)9(10,11)12/h7-8,13-14H,2-6H2,1H3. The van der Waals surface area contributed by atoms with Gasteiger partial charge in [-0.1, -0.05) is 0 Å². The van der Waals surface area contributed by atoms with Crippen molar-refractivity contribution in [3.05, 3.63) is 0 Å². The van der Waals surface area contributed by atoms with Crippen molar-refractivity contribution < 1.29 is 30.0 Å². The van der Waals surface area contributed by atoms with Gasteiger partial charge in [0.05, 0.1) is 11.5 Å². The Morgan fingerprint density at radius 3 is 2.15 bits per heavy atom. The van der Waals surface area contributed by atoms with Crippen molar-refractivity contribution in [2.24, 2.45) is 0 Å². The molecule has 1 rings (SSSR count). The maximum Gasteiger partial charge on any atom is 0.403 e. The van der Waals surface area contributed by atoms with E-state index in [9.17, 15) is 30.0 Å². The first-order valence-electron chi connectivity index (χ1n) is 5.87. The molecule has 0 aliphatic carbocycles. The van der Waals surface area contributed by atoms with E-state index in [0.717, 1.165) is 6.26 Å². The Hall–Kier alpha value is -0.390. The van der Waals surface area contributed by atoms with E-state index in [0.29, 0.717) is 0 Å². The van der Waals surface area contributed by atoms with Gasteiger partial charge in [0, 0.05) is 18.8 Å². The highest BCUT2D eigenvalue weighted by Crippen LogP contribution is 2.26. The number of nitrogens with one attached hydrogen (secondary N) is 2. The van der Waals surface area contributed by atoms with Gasteiger partial charge in [-0.3, -0.25) is 0 Å². The van der Waals surface area contributed by atoms with Crippen molar-refractivity contribution in [1.82, 2.24) is 10.0 Å². The largest absolute Gasteiger partial charge is 0.403 e. The summed E-state index contributed by atoms with van der Waals surface area (Å²) in [5, 5.41) is 2.23. The summed E-state index contributed by atoms with van der Waals surface area (Å²) in [5.41, 5.74) is 0. The van der Waals surface area contributed by atoms with Gasteiger partial charge in [-0.15, -0.1) is 0 Å². The lowest BCUT2D eigenvalue weighted by atomic mass is 10.0. The summed E-state index contributed by atoms with van der Waals surface area (Å²) >= 11 is 0. The Kier molecular flexibility index (Phi) is 5.44. The molecule has 0 aromatic carbocycles. The summed E-state index contributed by atoms with van der Waals surface area (Å²) in [5.74, 6) is -1.11. The van der Waals surface area contributed by atoms with Crippen LogP contribution in [-0.2, 0) is 19.9 Å². The summed E-state index contributed by atoms with van der Waals surface area (Å²) in [4.78, 5) is 0. The highest BCUT2D eigenvalue weighted by Gasteiger charge is 2.41. The molecule has 0 saturated carbocycles. The third-order valence-corrected chi connectivity index (χ3v) is 5.52. The maximum absolute atomic E-state index is 12.4. The molecule has 20 heavy (non-hydrogen) atoms. The van der Waals surface area contributed by atoms with Gasteiger partial charge in [-0.2, -0.15) is 13.2 Å². The van der Waals surface area contributed by atoms with Crippen LogP contribution < -0.4 is 10.0 Å². The Morgan fingerprint density at radius 2 is 1.75 bits per heavy atom. The lowest BCUT2D eigenvalue weighted by Crippen LogP contribution is -2.54. The lowest BCUT2D eigenvalue weighted by Gasteiger charge is -2.31. The van der Waals surface area contributed by atoms with Crippen LogP contribution in [-0.4, -0.2) is 59.4 Å². The monoisotopic (exact) mass is 338 g/mol. The minimum absolute atomic E-state index is 0.0509. The molecule has 1 aliphatic heterocycles. The van der Waals surface area contributed by atoms with Gasteiger partial charge in [-0.05, 0) is 12.8 Å². The van der Waals surface area contributed by atoms with E-state index < -0.39 is 49.6 Å². The van der Waals surface area contributed by atoms with E-state index in [-0.39, 0.29) is 19.4 Å². The molecule has 0 aromatic rings. The van der Waals surface area contributed by atoms with Crippen LogP contribution in [0.2, 0.25) is 0 Å². The minimum Gasteiger partial charge on any atom is -0.305 e. The molecule has 1 heterocycles. The quantitative estimate of drug-likeness (QED) is 0.714. The molecule has 1 aliphatic rings. The SMILES string of the molecule is CS(=O)(=O)CCS(=O)(=O)NC1CCC(C(F)(F)F)NC1. The number of piperidine rings is 1. The van der Waals surface area contributed by atoms with Gasteiger partial charge in [-0.25, -0.2) is 21.6 Å². The fraction of sp³-hybridized carbons (Fsp3) is 1.00. The zero-order valence-electron chi connectivity index (χ0n) is 10.8. The van der Waals surface area contributed by atoms with Crippen molar-refractivity contribution in [1.29, 1.82) is 0 Å². The molecule has 2 N–H and O–H groups in total. The molecule has 0 bridgehead atoms. The van der Waals surface area contributed by atoms with E-state index in [2.05, 4.69) is 10.0 Å². The number of hydrogen-bond acceptors (Lipinski definition) is 5. The molecule has 120 valence electrons. The zero-order valence-corrected chi connectivity index (χ0v) is 12.4. The predicted octanol–water partition coefficient (Wildman–Crippen LogP) is -0.367. The minimum atomic E-state index is -4.35. The summed E-state index contributed by atoms with van der Waals surface area (Å²) in [6, 6.07) is -2.28. The Morgan fingerprint density at radius 1 is 1.15 bits per heavy atom. The second kappa shape index (κ2) is 6.16. The third kappa shape index (κ3) is 6.37. The first-order valence-corrected chi connectivity index (χ1v) is 9.58. The highest BCUT2D eigenvalue weighted by atomic mass is 32.2. The fourth-order valence-corrected chi connectivity index (χ4v) is 4.73. The molecule has 6 nitrogen and oxygen atoms in total. The van der Waals surface area contributed by atoms with Crippen LogP contribution in [0.4, 0.5) is 13.2 Å². The summed E-state index contributed by atoms with van der Waals surface area (Å²) in [7, 11) is -7.23. The van der Waals surface area contributed by atoms with E-state index >= 15 is 0 Å². The molecule has 2 atom stereocenters. The second-order valence-corrected chi connectivity index (χ2v) is 8.98. The molecule has 0 amide bonds. The Bertz CT molecular complexity index is 522. The van der Waals surface area contributed by atoms with Crippen LogP contribution in [0.15, 0.2) is 0 Å². The van der Waals surface area contributed by atoms with Gasteiger partial charge in [0.25, 0.3) is 0 Å². The Labute approximate surface area is 116 Å². The smallest absolute Gasteiger partial charge is 0.305 e. The van der Waals surface area contributed by atoms with Crippen molar-refractivity contribution in [3.8, 4) is 0 Å². The average Bonchev–Trinajstić information content (AvgIpc) is 2.25. The Balaban J connectivity index is 2.47. The summed E-state index contributed by atoms with van der Waals surface area (Å²) in [6.07, 6.45) is -3.60. The van der Waals surface area contributed by atoms with Crippen molar-refractivity contribution >= 4 is 19.9 Å². The molecule has 0 radical (unpaired) electrons. The summed E-state index contributed by atoms with van der Waals surface area (Å²) in [6.45, 7) is -0.137. The molecule has 11 heteroatoms. The molecule has 1 saturated heterocycles. The van der Waals surface area contributed by atoms with Crippen LogP contribution in [0.3, 0.4) is 0 Å². The van der Waals surface area contributed by atoms with E-state index in [1.165, 1.54) is 0 Å². The normalized spacial score (nSPS) is 25.6. The lowest BCUT2D eigenvalue weighted by molar-refractivity contribution is -0.160. The van der Waals surface area contributed by atoms with Crippen molar-refractivity contribution in [3.63, 3.8) is 0 Å². The van der Waals surface area contributed by atoms with Gasteiger partial charge < -0.3 is 5.32 Å². The van der Waals surface area contributed by atoms with Crippen LogP contribution in [0.1, 0.15) is 12.8 Å². The van der Waals surface area contributed by atoms with Crippen LogP contribution in [0.25, 0.3) is 0 Å². The van der Waals surface area contributed by atoms with Gasteiger partial charge in [0.2, 0.25) is 10.0 Å². The molecule has 0 aromatic heterocycles. The van der Waals surface area contributed by atoms with Gasteiger partial charge in [0.1, 0.15) is 15.9 Å². The highest BCUT2D eigenvalue weighted by molar-refractivity contribution is 7.93. The molecular weight excluding hydrogens is 321 g/mol. The first-order chi connectivity index (χ1) is 8.89. The average molecular weight is 338 g/mol. The second-order valence-electron chi connectivity index (χ2n) is 4.84. The van der Waals surface area contributed by atoms with E-state index in [1.807, 2.05) is 0 Å². The first kappa shape index (κ1) is 17.7. The fourth-order valence-electron chi connectivity index (χ4n) is 1.81. The molecule has 2 unspecified atom stereocenters. The number of sulfone groups is 1.